The highest BCUT2D eigenvalue weighted by molar-refractivity contribution is 7.99. The van der Waals surface area contributed by atoms with Crippen LogP contribution in [0.5, 0.6) is 0 Å². The molecule has 2 unspecified atom stereocenters. The normalized spacial score (nSPS) is 24.7. The van der Waals surface area contributed by atoms with Gasteiger partial charge < -0.3 is 14.9 Å². The molecule has 0 bridgehead atoms. The van der Waals surface area contributed by atoms with E-state index in [0.29, 0.717) is 24.7 Å². The van der Waals surface area contributed by atoms with E-state index in [1.807, 2.05) is 37.6 Å². The van der Waals surface area contributed by atoms with Crippen molar-refractivity contribution in [2.45, 2.75) is 52.1 Å². The van der Waals surface area contributed by atoms with E-state index in [0.717, 1.165) is 19.3 Å². The third kappa shape index (κ3) is 5.13. The van der Waals surface area contributed by atoms with Gasteiger partial charge in [0.15, 0.2) is 0 Å². The van der Waals surface area contributed by atoms with Gasteiger partial charge in [-0.3, -0.25) is 19.3 Å². The molecule has 2 aliphatic rings. The molecule has 0 aliphatic carbocycles. The van der Waals surface area contributed by atoms with E-state index in [-0.39, 0.29) is 30.4 Å². The molecule has 2 amide bonds. The second-order valence-corrected chi connectivity index (χ2v) is 9.26. The van der Waals surface area contributed by atoms with E-state index < -0.39 is 11.4 Å². The molecule has 26 heavy (non-hydrogen) atoms. The van der Waals surface area contributed by atoms with Crippen molar-refractivity contribution in [2.75, 3.05) is 38.3 Å². The number of hydrogen-bond donors (Lipinski definition) is 1. The van der Waals surface area contributed by atoms with Crippen LogP contribution >= 0.6 is 11.8 Å². The Bertz CT molecular complexity index is 549. The molecule has 148 valence electrons. The van der Waals surface area contributed by atoms with Crippen molar-refractivity contribution in [3.63, 3.8) is 0 Å². The molecule has 2 aliphatic heterocycles. The fourth-order valence-electron chi connectivity index (χ4n) is 3.57. The van der Waals surface area contributed by atoms with Crippen molar-refractivity contribution in [3.8, 4) is 0 Å². The number of carboxylic acids is 1. The maximum absolute atomic E-state index is 13.1. The first-order valence-corrected chi connectivity index (χ1v) is 10.4. The van der Waals surface area contributed by atoms with Crippen LogP contribution in [0.25, 0.3) is 0 Å². The van der Waals surface area contributed by atoms with E-state index in [4.69, 9.17) is 5.11 Å². The predicted octanol–water partition coefficient (Wildman–Crippen LogP) is 1.33. The number of rotatable bonds is 4. The molecule has 2 atom stereocenters. The lowest BCUT2D eigenvalue weighted by Gasteiger charge is -2.32. The van der Waals surface area contributed by atoms with Gasteiger partial charge in [-0.15, -0.1) is 11.8 Å². The average Bonchev–Trinajstić information content (AvgIpc) is 2.88. The quantitative estimate of drug-likeness (QED) is 0.786. The third-order valence-electron chi connectivity index (χ3n) is 5.09. The van der Waals surface area contributed by atoms with Gasteiger partial charge in [-0.2, -0.15) is 0 Å². The van der Waals surface area contributed by atoms with Crippen molar-refractivity contribution in [3.05, 3.63) is 0 Å². The Morgan fingerprint density at radius 1 is 1.19 bits per heavy atom. The maximum Gasteiger partial charge on any atom is 0.317 e. The fourth-order valence-corrected chi connectivity index (χ4v) is 4.72. The zero-order chi connectivity index (χ0) is 19.5. The number of likely N-dealkylation sites (tertiary alicyclic amines) is 1. The Morgan fingerprint density at radius 3 is 2.50 bits per heavy atom. The Labute approximate surface area is 160 Å². The standard InChI is InChI=1S/C18H31N3O4S/c1-18(2,3)17(25)21-12-26-11-14(21)16(24)20-8-5-6-13(7-9-20)19(4)10-15(22)23/h13-14H,5-12H2,1-4H3,(H,22,23). The van der Waals surface area contributed by atoms with Crippen molar-refractivity contribution in [2.24, 2.45) is 5.41 Å². The molecule has 1 N–H and O–H groups in total. The lowest BCUT2D eigenvalue weighted by Crippen LogP contribution is -2.51. The molecule has 2 heterocycles. The number of hydrogen-bond acceptors (Lipinski definition) is 5. The minimum Gasteiger partial charge on any atom is -0.480 e. The van der Waals surface area contributed by atoms with Crippen LogP contribution in [0.4, 0.5) is 0 Å². The van der Waals surface area contributed by atoms with Crippen LogP contribution in [-0.2, 0) is 14.4 Å². The van der Waals surface area contributed by atoms with Crippen molar-refractivity contribution in [1.82, 2.24) is 14.7 Å². The molecule has 2 saturated heterocycles. The largest absolute Gasteiger partial charge is 0.480 e. The molecule has 0 aromatic rings. The summed E-state index contributed by atoms with van der Waals surface area (Å²) in [5, 5.41) is 8.97. The first-order chi connectivity index (χ1) is 12.1. The van der Waals surface area contributed by atoms with Gasteiger partial charge in [-0.05, 0) is 26.3 Å². The zero-order valence-corrected chi connectivity index (χ0v) is 17.0. The van der Waals surface area contributed by atoms with Crippen LogP contribution in [0.1, 0.15) is 40.0 Å². The summed E-state index contributed by atoms with van der Waals surface area (Å²) in [5.74, 6) is 0.456. The van der Waals surface area contributed by atoms with Gasteiger partial charge in [-0.25, -0.2) is 0 Å². The number of aliphatic carboxylic acids is 1. The summed E-state index contributed by atoms with van der Waals surface area (Å²) in [6.07, 6.45) is 2.51. The van der Waals surface area contributed by atoms with Gasteiger partial charge in [0.05, 0.1) is 12.4 Å². The second kappa shape index (κ2) is 8.61. The number of likely N-dealkylation sites (N-methyl/N-ethyl adjacent to an activating group) is 1. The Balaban J connectivity index is 1.99. The predicted molar refractivity (Wildman–Crippen MR) is 102 cm³/mol. The van der Waals surface area contributed by atoms with Gasteiger partial charge in [-0.1, -0.05) is 20.8 Å². The van der Waals surface area contributed by atoms with Crippen LogP contribution in [-0.4, -0.2) is 88.0 Å². The van der Waals surface area contributed by atoms with Gasteiger partial charge in [0.25, 0.3) is 0 Å². The monoisotopic (exact) mass is 385 g/mol. The number of nitrogens with zero attached hydrogens (tertiary/aromatic N) is 3. The van der Waals surface area contributed by atoms with Gasteiger partial charge in [0.2, 0.25) is 11.8 Å². The van der Waals surface area contributed by atoms with Crippen molar-refractivity contribution < 1.29 is 19.5 Å². The lowest BCUT2D eigenvalue weighted by atomic mass is 9.94. The Morgan fingerprint density at radius 2 is 1.88 bits per heavy atom. The zero-order valence-electron chi connectivity index (χ0n) is 16.2. The highest BCUT2D eigenvalue weighted by Crippen LogP contribution is 2.29. The Kier molecular flexibility index (Phi) is 6.96. The summed E-state index contributed by atoms with van der Waals surface area (Å²) >= 11 is 1.63. The molecule has 8 heteroatoms. The van der Waals surface area contributed by atoms with E-state index in [2.05, 4.69) is 0 Å². The first-order valence-electron chi connectivity index (χ1n) is 9.21. The highest BCUT2D eigenvalue weighted by Gasteiger charge is 2.41. The molecule has 7 nitrogen and oxygen atoms in total. The number of carbonyl (C=O) groups excluding carboxylic acids is 2. The summed E-state index contributed by atoms with van der Waals surface area (Å²) in [6.45, 7) is 6.96. The van der Waals surface area contributed by atoms with Crippen molar-refractivity contribution in [1.29, 1.82) is 0 Å². The lowest BCUT2D eigenvalue weighted by molar-refractivity contribution is -0.147. The first kappa shape index (κ1) is 21.0. The minimum absolute atomic E-state index is 0.0196. The van der Waals surface area contributed by atoms with Crippen LogP contribution in [0, 0.1) is 5.41 Å². The topological polar surface area (TPSA) is 81.2 Å². The van der Waals surface area contributed by atoms with Crippen LogP contribution in [0.15, 0.2) is 0 Å². The summed E-state index contributed by atoms with van der Waals surface area (Å²) in [6, 6.07) is -0.200. The molecule has 2 fully saturated rings. The van der Waals surface area contributed by atoms with Crippen LogP contribution < -0.4 is 0 Å². The molecular weight excluding hydrogens is 354 g/mol. The molecule has 0 saturated carbocycles. The number of thioether (sulfide) groups is 1. The third-order valence-corrected chi connectivity index (χ3v) is 6.10. The molecule has 0 aromatic carbocycles. The number of amides is 2. The second-order valence-electron chi connectivity index (χ2n) is 8.26. The summed E-state index contributed by atoms with van der Waals surface area (Å²) in [4.78, 5) is 42.1. The van der Waals surface area contributed by atoms with E-state index in [1.165, 1.54) is 0 Å². The Hall–Kier alpha value is -1.28. The highest BCUT2D eigenvalue weighted by atomic mass is 32.2. The van der Waals surface area contributed by atoms with Gasteiger partial charge >= 0.3 is 5.97 Å². The molecule has 2 rings (SSSR count). The summed E-state index contributed by atoms with van der Waals surface area (Å²) < 4.78 is 0. The molecule has 0 aromatic heterocycles. The molecule has 0 spiro atoms. The summed E-state index contributed by atoms with van der Waals surface area (Å²) in [5.41, 5.74) is -0.493. The fraction of sp³-hybridized carbons (Fsp3) is 0.833. The molecule has 0 radical (unpaired) electrons. The van der Waals surface area contributed by atoms with E-state index in [1.54, 1.807) is 16.7 Å². The van der Waals surface area contributed by atoms with E-state index in [9.17, 15) is 14.4 Å². The maximum atomic E-state index is 13.1. The smallest absolute Gasteiger partial charge is 0.317 e. The van der Waals surface area contributed by atoms with Crippen LogP contribution in [0.2, 0.25) is 0 Å². The van der Waals surface area contributed by atoms with Crippen molar-refractivity contribution >= 4 is 29.5 Å². The average molecular weight is 386 g/mol. The van der Waals surface area contributed by atoms with Gasteiger partial charge in [0.1, 0.15) is 6.04 Å². The van der Waals surface area contributed by atoms with Gasteiger partial charge in [0, 0.05) is 30.3 Å². The molecular formula is C18H31N3O4S. The van der Waals surface area contributed by atoms with E-state index >= 15 is 0 Å². The number of carboxylic acid groups (broad SMARTS) is 1. The minimum atomic E-state index is -0.830. The van der Waals surface area contributed by atoms with Crippen LogP contribution in [0.3, 0.4) is 0 Å². The summed E-state index contributed by atoms with van der Waals surface area (Å²) in [7, 11) is 1.83. The number of carbonyl (C=O) groups is 3. The SMILES string of the molecule is CN(CC(=O)O)C1CCCN(C(=O)C2CSCN2C(=O)C(C)(C)C)CC1.